The van der Waals surface area contributed by atoms with Crippen LogP contribution in [0.15, 0.2) is 12.2 Å². The van der Waals surface area contributed by atoms with E-state index in [0.29, 0.717) is 17.5 Å². The standard InChI is InChI=1S/C22H46NO3P/c1-6-8-9-10-11-12-13-14-15-16-17-18-19-20-21-26-27(24,25)22(7-2)23(3,4)5/h15-16,22H,6-14,17-21H2,1-5H3/p+1. The Labute approximate surface area is 169 Å². The highest BCUT2D eigenvalue weighted by Gasteiger charge is 2.41. The van der Waals surface area contributed by atoms with Crippen LogP contribution in [0.2, 0.25) is 0 Å². The molecule has 0 aromatic rings. The Morgan fingerprint density at radius 3 is 1.81 bits per heavy atom. The summed E-state index contributed by atoms with van der Waals surface area (Å²) in [7, 11) is 2.28. The summed E-state index contributed by atoms with van der Waals surface area (Å²) in [6.45, 7) is 4.59. The predicted octanol–water partition coefficient (Wildman–Crippen LogP) is 6.89. The van der Waals surface area contributed by atoms with E-state index in [1.165, 1.54) is 51.4 Å². The summed E-state index contributed by atoms with van der Waals surface area (Å²) in [6, 6.07) is 0. The predicted molar refractivity (Wildman–Crippen MR) is 118 cm³/mol. The number of allylic oxidation sites excluding steroid dienone is 2. The van der Waals surface area contributed by atoms with Gasteiger partial charge in [-0.15, -0.1) is 0 Å². The van der Waals surface area contributed by atoms with Gasteiger partial charge in [0.25, 0.3) is 0 Å². The van der Waals surface area contributed by atoms with Crippen molar-refractivity contribution >= 4 is 7.60 Å². The van der Waals surface area contributed by atoms with Crippen molar-refractivity contribution in [2.24, 2.45) is 0 Å². The van der Waals surface area contributed by atoms with Gasteiger partial charge in [-0.2, -0.15) is 0 Å². The van der Waals surface area contributed by atoms with Crippen LogP contribution in [0, 0.1) is 0 Å². The van der Waals surface area contributed by atoms with E-state index in [4.69, 9.17) is 4.52 Å². The van der Waals surface area contributed by atoms with Crippen LogP contribution in [0.5, 0.6) is 0 Å². The lowest BCUT2D eigenvalue weighted by molar-refractivity contribution is -0.883. The average molecular weight is 405 g/mol. The molecule has 0 aromatic heterocycles. The SMILES string of the molecule is CCCCCCCCCC=CCCCCCOP(=O)(O)C(CC)[N+](C)(C)C. The molecule has 0 aliphatic heterocycles. The van der Waals surface area contributed by atoms with Gasteiger partial charge in [-0.05, 0) is 32.1 Å². The van der Waals surface area contributed by atoms with Crippen molar-refractivity contribution in [2.45, 2.75) is 103 Å². The van der Waals surface area contributed by atoms with E-state index >= 15 is 0 Å². The Morgan fingerprint density at radius 1 is 0.852 bits per heavy atom. The number of nitrogens with zero attached hydrogens (tertiary/aromatic N) is 1. The van der Waals surface area contributed by atoms with Gasteiger partial charge in [0.2, 0.25) is 0 Å². The maximum atomic E-state index is 12.4. The fraction of sp³-hybridized carbons (Fsp3) is 0.909. The van der Waals surface area contributed by atoms with Gasteiger partial charge in [-0.25, -0.2) is 0 Å². The summed E-state index contributed by atoms with van der Waals surface area (Å²) < 4.78 is 18.3. The third-order valence-corrected chi connectivity index (χ3v) is 7.43. The fourth-order valence-corrected chi connectivity index (χ4v) is 5.39. The normalized spacial score (nSPS) is 15.9. The van der Waals surface area contributed by atoms with Crippen LogP contribution in [0.25, 0.3) is 0 Å². The van der Waals surface area contributed by atoms with E-state index in [9.17, 15) is 9.46 Å². The van der Waals surface area contributed by atoms with Gasteiger partial charge in [-0.3, -0.25) is 4.57 Å². The van der Waals surface area contributed by atoms with Gasteiger partial charge >= 0.3 is 7.60 Å². The first-order chi connectivity index (χ1) is 12.8. The molecule has 162 valence electrons. The summed E-state index contributed by atoms with van der Waals surface area (Å²) >= 11 is 0. The van der Waals surface area contributed by atoms with E-state index in [-0.39, 0.29) is 5.78 Å². The molecule has 0 saturated heterocycles. The van der Waals surface area contributed by atoms with Crippen molar-refractivity contribution in [2.75, 3.05) is 27.7 Å². The maximum absolute atomic E-state index is 12.4. The first kappa shape index (κ1) is 26.9. The third-order valence-electron chi connectivity index (χ3n) is 5.07. The second kappa shape index (κ2) is 15.7. The molecule has 0 aromatic carbocycles. The van der Waals surface area contributed by atoms with E-state index < -0.39 is 7.60 Å². The van der Waals surface area contributed by atoms with Crippen molar-refractivity contribution in [1.29, 1.82) is 0 Å². The summed E-state index contributed by atoms with van der Waals surface area (Å²) in [5.74, 6) is -0.355. The molecule has 0 fully saturated rings. The second-order valence-electron chi connectivity index (χ2n) is 8.63. The molecule has 0 aliphatic carbocycles. The molecule has 0 aliphatic rings. The summed E-state index contributed by atoms with van der Waals surface area (Å²) in [6.07, 6.45) is 20.1. The largest absolute Gasteiger partial charge is 0.385 e. The molecule has 0 saturated carbocycles. The average Bonchev–Trinajstić information content (AvgIpc) is 2.57. The lowest BCUT2D eigenvalue weighted by Crippen LogP contribution is -2.44. The van der Waals surface area contributed by atoms with Gasteiger partial charge < -0.3 is 13.9 Å². The number of unbranched alkanes of at least 4 members (excludes halogenated alkanes) is 10. The molecule has 0 heterocycles. The van der Waals surface area contributed by atoms with E-state index in [0.717, 1.165) is 25.7 Å². The number of hydrogen-bond acceptors (Lipinski definition) is 2. The molecule has 1 N–H and O–H groups in total. The van der Waals surface area contributed by atoms with Gasteiger partial charge in [0.1, 0.15) is 0 Å². The molecular formula is C22H47NO3P+. The molecule has 0 spiro atoms. The lowest BCUT2D eigenvalue weighted by atomic mass is 10.1. The zero-order valence-electron chi connectivity index (χ0n) is 18.8. The molecule has 0 amide bonds. The van der Waals surface area contributed by atoms with Crippen LogP contribution >= 0.6 is 7.60 Å². The Bertz CT molecular complexity index is 418. The Morgan fingerprint density at radius 2 is 1.33 bits per heavy atom. The monoisotopic (exact) mass is 404 g/mol. The van der Waals surface area contributed by atoms with Gasteiger partial charge in [-0.1, -0.05) is 70.9 Å². The molecule has 4 nitrogen and oxygen atoms in total. The van der Waals surface area contributed by atoms with Crippen LogP contribution in [0.4, 0.5) is 0 Å². The van der Waals surface area contributed by atoms with Crippen LogP contribution in [-0.4, -0.2) is 42.9 Å². The van der Waals surface area contributed by atoms with Crippen molar-refractivity contribution < 1.29 is 18.5 Å². The van der Waals surface area contributed by atoms with Gasteiger partial charge in [0.05, 0.1) is 27.7 Å². The highest BCUT2D eigenvalue weighted by Crippen LogP contribution is 2.51. The van der Waals surface area contributed by atoms with Crippen molar-refractivity contribution in [3.05, 3.63) is 12.2 Å². The molecule has 5 heteroatoms. The first-order valence-electron chi connectivity index (χ1n) is 11.2. The Kier molecular flexibility index (Phi) is 15.6. The van der Waals surface area contributed by atoms with E-state index in [2.05, 4.69) is 19.1 Å². The Balaban J connectivity index is 3.62. The minimum absolute atomic E-state index is 0.355. The second-order valence-corrected chi connectivity index (χ2v) is 10.6. The van der Waals surface area contributed by atoms with Crippen molar-refractivity contribution in [3.63, 3.8) is 0 Å². The number of hydrogen-bond donors (Lipinski definition) is 1. The van der Waals surface area contributed by atoms with Crippen molar-refractivity contribution in [1.82, 2.24) is 0 Å². The maximum Gasteiger partial charge on any atom is 0.385 e. The topological polar surface area (TPSA) is 46.5 Å². The highest BCUT2D eigenvalue weighted by molar-refractivity contribution is 7.53. The smallest absolute Gasteiger partial charge is 0.320 e. The first-order valence-corrected chi connectivity index (χ1v) is 12.8. The van der Waals surface area contributed by atoms with Crippen LogP contribution in [0.3, 0.4) is 0 Å². The quantitative estimate of drug-likeness (QED) is 0.117. The molecule has 0 radical (unpaired) electrons. The molecule has 27 heavy (non-hydrogen) atoms. The van der Waals surface area contributed by atoms with E-state index in [1.807, 2.05) is 28.1 Å². The highest BCUT2D eigenvalue weighted by atomic mass is 31.2. The molecule has 0 bridgehead atoms. The molecular weight excluding hydrogens is 357 g/mol. The van der Waals surface area contributed by atoms with Crippen LogP contribution in [0.1, 0.15) is 97.3 Å². The molecule has 2 unspecified atom stereocenters. The number of rotatable bonds is 18. The van der Waals surface area contributed by atoms with Crippen molar-refractivity contribution in [3.8, 4) is 0 Å². The fourth-order valence-electron chi connectivity index (χ4n) is 3.49. The van der Waals surface area contributed by atoms with Gasteiger partial charge in [0, 0.05) is 6.42 Å². The number of quaternary nitrogens is 1. The third kappa shape index (κ3) is 14.5. The minimum Gasteiger partial charge on any atom is -0.320 e. The summed E-state index contributed by atoms with van der Waals surface area (Å²) in [4.78, 5) is 10.2. The minimum atomic E-state index is -3.55. The summed E-state index contributed by atoms with van der Waals surface area (Å²) in [5, 5.41) is 0. The van der Waals surface area contributed by atoms with E-state index in [1.54, 1.807) is 0 Å². The summed E-state index contributed by atoms with van der Waals surface area (Å²) in [5.41, 5.74) is 0. The zero-order valence-corrected chi connectivity index (χ0v) is 19.7. The van der Waals surface area contributed by atoms with Gasteiger partial charge in [0.15, 0.2) is 5.78 Å². The Hall–Kier alpha value is -0.150. The molecule has 2 atom stereocenters. The zero-order chi connectivity index (χ0) is 20.6. The van der Waals surface area contributed by atoms with Crippen LogP contribution in [-0.2, 0) is 9.09 Å². The van der Waals surface area contributed by atoms with Crippen LogP contribution < -0.4 is 0 Å². The lowest BCUT2D eigenvalue weighted by Gasteiger charge is -2.35. The molecule has 0 rings (SSSR count).